The van der Waals surface area contributed by atoms with E-state index in [-0.39, 0.29) is 17.2 Å². The van der Waals surface area contributed by atoms with Gasteiger partial charge in [-0.2, -0.15) is 0 Å². The summed E-state index contributed by atoms with van der Waals surface area (Å²) in [5.74, 6) is 0.219. The monoisotopic (exact) mass is 390 g/mol. The molecule has 0 spiro atoms. The molecule has 0 aromatic heterocycles. The summed E-state index contributed by atoms with van der Waals surface area (Å²) in [5, 5.41) is 0. The zero-order valence-corrected chi connectivity index (χ0v) is 18.2. The van der Waals surface area contributed by atoms with E-state index in [2.05, 4.69) is 26.8 Å². The summed E-state index contributed by atoms with van der Waals surface area (Å²) in [6.07, 6.45) is 4.20. The van der Waals surface area contributed by atoms with E-state index in [0.29, 0.717) is 17.0 Å². The quantitative estimate of drug-likeness (QED) is 0.533. The fourth-order valence-electron chi connectivity index (χ4n) is 4.25. The second kappa shape index (κ2) is 7.86. The molecule has 1 aliphatic heterocycles. The average Bonchev–Trinajstić information content (AvgIpc) is 2.66. The number of hydrogen-bond donors (Lipinski definition) is 0. The molecule has 1 unspecified atom stereocenters. The van der Waals surface area contributed by atoms with Gasteiger partial charge in [0.25, 0.3) is 5.91 Å². The minimum atomic E-state index is -0.353. The highest BCUT2D eigenvalue weighted by atomic mass is 16.2. The number of rotatable bonds is 4. The predicted octanol–water partition coefficient (Wildman–Crippen LogP) is 5.19. The summed E-state index contributed by atoms with van der Waals surface area (Å²) < 4.78 is 0. The van der Waals surface area contributed by atoms with Crippen molar-refractivity contribution in [1.29, 1.82) is 0 Å². The Kier molecular flexibility index (Phi) is 5.65. The van der Waals surface area contributed by atoms with Crippen molar-refractivity contribution in [3.05, 3.63) is 77.0 Å². The van der Waals surface area contributed by atoms with Gasteiger partial charge in [-0.05, 0) is 62.4 Å². The summed E-state index contributed by atoms with van der Waals surface area (Å²) in [5.41, 5.74) is 3.85. The number of aryl methyl sites for hydroxylation is 1. The van der Waals surface area contributed by atoms with Crippen LogP contribution in [-0.2, 0) is 0 Å². The molecule has 3 rings (SSSR count). The molecule has 1 amide bonds. The number of allylic oxidation sites excluding steroid dienone is 1. The van der Waals surface area contributed by atoms with Crippen LogP contribution in [0.2, 0.25) is 0 Å². The number of fused-ring (bicyclic) bond motifs is 1. The molecule has 4 heteroatoms. The fourth-order valence-corrected chi connectivity index (χ4v) is 4.25. The van der Waals surface area contributed by atoms with Crippen molar-refractivity contribution < 1.29 is 9.59 Å². The van der Waals surface area contributed by atoms with Gasteiger partial charge >= 0.3 is 0 Å². The minimum absolute atomic E-state index is 0.0326. The molecule has 1 heterocycles. The summed E-state index contributed by atoms with van der Waals surface area (Å²) in [7, 11) is 3.77. The van der Waals surface area contributed by atoms with Crippen molar-refractivity contribution in [3.8, 4) is 0 Å². The van der Waals surface area contributed by atoms with Crippen LogP contribution in [0.3, 0.4) is 0 Å². The lowest BCUT2D eigenvalue weighted by Gasteiger charge is -2.46. The molecule has 0 N–H and O–H groups in total. The van der Waals surface area contributed by atoms with Gasteiger partial charge in [0.05, 0.1) is 0 Å². The molecule has 0 saturated carbocycles. The number of carbonyl (C=O) groups excluding carboxylic acids is 2. The number of carbonyl (C=O) groups is 2. The van der Waals surface area contributed by atoms with E-state index in [4.69, 9.17) is 0 Å². The topological polar surface area (TPSA) is 40.6 Å². The molecule has 29 heavy (non-hydrogen) atoms. The van der Waals surface area contributed by atoms with E-state index in [0.717, 1.165) is 23.2 Å². The minimum Gasteiger partial charge on any atom is -0.383 e. The van der Waals surface area contributed by atoms with Crippen molar-refractivity contribution in [2.24, 2.45) is 0 Å². The number of benzene rings is 2. The maximum absolute atomic E-state index is 13.5. The van der Waals surface area contributed by atoms with Crippen LogP contribution in [0.25, 0.3) is 0 Å². The second-order valence-corrected chi connectivity index (χ2v) is 8.79. The first-order chi connectivity index (χ1) is 13.6. The van der Waals surface area contributed by atoms with Gasteiger partial charge < -0.3 is 9.80 Å². The van der Waals surface area contributed by atoms with Crippen LogP contribution in [-0.4, -0.2) is 36.2 Å². The average molecular weight is 391 g/mol. The third-order valence-electron chi connectivity index (χ3n) is 5.57. The summed E-state index contributed by atoms with van der Waals surface area (Å²) in [6, 6.07) is 13.3. The van der Waals surface area contributed by atoms with Gasteiger partial charge in [0.2, 0.25) is 0 Å². The molecular formula is C25H30N2O2. The normalized spacial score (nSPS) is 17.9. The lowest BCUT2D eigenvalue weighted by Crippen LogP contribution is -2.51. The second-order valence-electron chi connectivity index (χ2n) is 8.79. The van der Waals surface area contributed by atoms with Crippen molar-refractivity contribution in [2.45, 2.75) is 45.6 Å². The standard InChI is InChI=1S/C25H30N2O2/c1-17-14-20-18(2)16-25(3,4)27(24(29)19-10-8-7-9-11-19)22(20)15-21(17)23(28)12-13-26(5)6/h7-15,18H,16H2,1-6H3/b13-12+. The van der Waals surface area contributed by atoms with Crippen LogP contribution in [0.4, 0.5) is 5.69 Å². The Morgan fingerprint density at radius 3 is 2.41 bits per heavy atom. The zero-order chi connectivity index (χ0) is 21.3. The summed E-state index contributed by atoms with van der Waals surface area (Å²) in [4.78, 5) is 30.0. The highest BCUT2D eigenvalue weighted by Crippen LogP contribution is 2.45. The van der Waals surface area contributed by atoms with Gasteiger partial charge in [-0.1, -0.05) is 31.2 Å². The highest BCUT2D eigenvalue weighted by Gasteiger charge is 2.40. The molecule has 1 aliphatic rings. The van der Waals surface area contributed by atoms with Gasteiger partial charge in [0, 0.05) is 48.7 Å². The third-order valence-corrected chi connectivity index (χ3v) is 5.57. The Balaban J connectivity index is 2.15. The number of ketones is 1. The van der Waals surface area contributed by atoms with E-state index in [1.54, 1.807) is 12.3 Å². The molecule has 0 radical (unpaired) electrons. The molecule has 0 bridgehead atoms. The molecular weight excluding hydrogens is 360 g/mol. The Labute approximate surface area is 173 Å². The van der Waals surface area contributed by atoms with Crippen LogP contribution >= 0.6 is 0 Å². The maximum Gasteiger partial charge on any atom is 0.258 e. The molecule has 152 valence electrons. The van der Waals surface area contributed by atoms with Gasteiger partial charge in [-0.3, -0.25) is 9.59 Å². The first kappa shape index (κ1) is 20.8. The predicted molar refractivity (Wildman–Crippen MR) is 119 cm³/mol. The van der Waals surface area contributed by atoms with Crippen molar-refractivity contribution in [1.82, 2.24) is 4.90 Å². The van der Waals surface area contributed by atoms with Gasteiger partial charge in [0.15, 0.2) is 5.78 Å². The molecule has 4 nitrogen and oxygen atoms in total. The summed E-state index contributed by atoms with van der Waals surface area (Å²) >= 11 is 0. The van der Waals surface area contributed by atoms with Gasteiger partial charge in [0.1, 0.15) is 0 Å². The van der Waals surface area contributed by atoms with Crippen molar-refractivity contribution >= 4 is 17.4 Å². The number of nitrogens with zero attached hydrogens (tertiary/aromatic N) is 2. The Morgan fingerprint density at radius 2 is 1.79 bits per heavy atom. The van der Waals surface area contributed by atoms with Crippen LogP contribution in [0.15, 0.2) is 54.7 Å². The molecule has 0 saturated heterocycles. The largest absolute Gasteiger partial charge is 0.383 e. The van der Waals surface area contributed by atoms with Crippen molar-refractivity contribution in [3.63, 3.8) is 0 Å². The Hall–Kier alpha value is -2.88. The number of anilines is 1. The SMILES string of the molecule is Cc1cc2c(cc1C(=O)/C=C/N(C)C)N(C(=O)c1ccccc1)C(C)(C)CC2C. The first-order valence-corrected chi connectivity index (χ1v) is 10.0. The summed E-state index contributed by atoms with van der Waals surface area (Å²) in [6.45, 7) is 8.35. The molecule has 0 aliphatic carbocycles. The van der Waals surface area contributed by atoms with Crippen LogP contribution in [0.5, 0.6) is 0 Å². The van der Waals surface area contributed by atoms with Crippen LogP contribution in [0.1, 0.15) is 65.0 Å². The highest BCUT2D eigenvalue weighted by molar-refractivity contribution is 6.10. The van der Waals surface area contributed by atoms with Crippen LogP contribution < -0.4 is 4.90 Å². The lowest BCUT2D eigenvalue weighted by atomic mass is 9.78. The Morgan fingerprint density at radius 1 is 1.14 bits per heavy atom. The smallest absolute Gasteiger partial charge is 0.258 e. The van der Waals surface area contributed by atoms with E-state index < -0.39 is 0 Å². The molecule has 1 atom stereocenters. The zero-order valence-electron chi connectivity index (χ0n) is 18.2. The molecule has 2 aromatic rings. The molecule has 2 aromatic carbocycles. The third kappa shape index (κ3) is 4.12. The maximum atomic E-state index is 13.5. The van der Waals surface area contributed by atoms with Gasteiger partial charge in [-0.15, -0.1) is 0 Å². The lowest BCUT2D eigenvalue weighted by molar-refractivity contribution is 0.0952. The van der Waals surface area contributed by atoms with E-state index in [1.807, 2.05) is 67.2 Å². The first-order valence-electron chi connectivity index (χ1n) is 10.0. The number of amides is 1. The Bertz CT molecular complexity index is 958. The fraction of sp³-hybridized carbons (Fsp3) is 0.360. The van der Waals surface area contributed by atoms with E-state index in [1.165, 1.54) is 0 Å². The van der Waals surface area contributed by atoms with Crippen molar-refractivity contribution in [2.75, 3.05) is 19.0 Å². The van der Waals surface area contributed by atoms with E-state index >= 15 is 0 Å². The van der Waals surface area contributed by atoms with Gasteiger partial charge in [-0.25, -0.2) is 0 Å². The van der Waals surface area contributed by atoms with Crippen LogP contribution in [0, 0.1) is 6.92 Å². The van der Waals surface area contributed by atoms with E-state index in [9.17, 15) is 9.59 Å². The number of hydrogen-bond acceptors (Lipinski definition) is 3. The molecule has 0 fully saturated rings.